The third-order valence-corrected chi connectivity index (χ3v) is 5.24. The number of carbonyl (C=O) groups is 1. The molecule has 0 spiro atoms. The highest BCUT2D eigenvalue weighted by atomic mass is 79.9. The van der Waals surface area contributed by atoms with E-state index >= 15 is 0 Å². The molecule has 2 aromatic rings. The number of piperidine rings is 1. The molecular weight excluding hydrogens is 415 g/mol. The van der Waals surface area contributed by atoms with Crippen LogP contribution in [0, 0.1) is 11.7 Å². The van der Waals surface area contributed by atoms with Gasteiger partial charge < -0.3 is 14.5 Å². The molecule has 0 atom stereocenters. The summed E-state index contributed by atoms with van der Waals surface area (Å²) in [5.41, 5.74) is 0.502. The first kappa shape index (κ1) is 19.5. The van der Waals surface area contributed by atoms with Gasteiger partial charge in [0.1, 0.15) is 5.82 Å². The quantitative estimate of drug-likeness (QED) is 0.719. The van der Waals surface area contributed by atoms with E-state index < -0.39 is 0 Å². The predicted octanol–water partition coefficient (Wildman–Crippen LogP) is 3.26. The molecular formula is C19H22BrFN4O2. The molecule has 8 heteroatoms. The highest BCUT2D eigenvalue weighted by Crippen LogP contribution is 2.24. The highest BCUT2D eigenvalue weighted by Gasteiger charge is 2.28. The number of aromatic nitrogens is 2. The molecule has 6 nitrogen and oxygen atoms in total. The summed E-state index contributed by atoms with van der Waals surface area (Å²) in [5, 5.41) is 0. The Bertz CT molecular complexity index is 812. The Morgan fingerprint density at radius 2 is 2.11 bits per heavy atom. The summed E-state index contributed by atoms with van der Waals surface area (Å²) in [6.07, 6.45) is 3.09. The number of amides is 1. The van der Waals surface area contributed by atoms with E-state index in [9.17, 15) is 9.18 Å². The topological polar surface area (TPSA) is 58.6 Å². The number of rotatable bonds is 5. The molecule has 1 amide bonds. The number of ether oxygens (including phenoxy) is 1. The molecule has 27 heavy (non-hydrogen) atoms. The number of hydrogen-bond donors (Lipinski definition) is 0. The molecule has 1 aliphatic heterocycles. The summed E-state index contributed by atoms with van der Waals surface area (Å²) in [6, 6.07) is 6.47. The lowest BCUT2D eigenvalue weighted by Gasteiger charge is -2.33. The van der Waals surface area contributed by atoms with Gasteiger partial charge in [-0.1, -0.05) is 15.9 Å². The summed E-state index contributed by atoms with van der Waals surface area (Å²) in [4.78, 5) is 25.1. The van der Waals surface area contributed by atoms with Crippen molar-refractivity contribution in [1.29, 1.82) is 0 Å². The van der Waals surface area contributed by atoms with Gasteiger partial charge in [0.05, 0.1) is 7.11 Å². The average Bonchev–Trinajstić information content (AvgIpc) is 2.70. The largest absolute Gasteiger partial charge is 0.481 e. The van der Waals surface area contributed by atoms with Gasteiger partial charge in [-0.2, -0.15) is 4.98 Å². The molecule has 0 unspecified atom stereocenters. The summed E-state index contributed by atoms with van der Waals surface area (Å²) < 4.78 is 19.9. The minimum Gasteiger partial charge on any atom is -0.481 e. The molecule has 0 radical (unpaired) electrons. The SMILES string of the molecule is COc1ccnc(N2CCC(C(=O)N(C)Cc3cc(Br)ccc3F)CC2)n1. The number of methoxy groups -OCH3 is 1. The van der Waals surface area contributed by atoms with E-state index in [-0.39, 0.29) is 24.2 Å². The van der Waals surface area contributed by atoms with E-state index in [0.717, 1.165) is 4.47 Å². The number of nitrogens with zero attached hydrogens (tertiary/aromatic N) is 4. The predicted molar refractivity (Wildman–Crippen MR) is 104 cm³/mol. The van der Waals surface area contributed by atoms with Gasteiger partial charge in [0.25, 0.3) is 0 Å². The first-order valence-corrected chi connectivity index (χ1v) is 9.58. The van der Waals surface area contributed by atoms with Gasteiger partial charge in [-0.3, -0.25) is 4.79 Å². The van der Waals surface area contributed by atoms with Crippen molar-refractivity contribution in [2.75, 3.05) is 32.1 Å². The number of anilines is 1. The van der Waals surface area contributed by atoms with Crippen molar-refractivity contribution < 1.29 is 13.9 Å². The minimum atomic E-state index is -0.303. The van der Waals surface area contributed by atoms with Gasteiger partial charge in [-0.05, 0) is 31.0 Å². The zero-order valence-corrected chi connectivity index (χ0v) is 16.9. The van der Waals surface area contributed by atoms with Crippen molar-refractivity contribution >= 4 is 27.8 Å². The van der Waals surface area contributed by atoms with Crippen molar-refractivity contribution in [2.24, 2.45) is 5.92 Å². The van der Waals surface area contributed by atoms with Crippen molar-refractivity contribution in [3.8, 4) is 5.88 Å². The second-order valence-electron chi connectivity index (χ2n) is 6.59. The van der Waals surface area contributed by atoms with E-state index in [0.29, 0.717) is 43.3 Å². The van der Waals surface area contributed by atoms with Crippen LogP contribution in [-0.4, -0.2) is 48.0 Å². The van der Waals surface area contributed by atoms with Gasteiger partial charge >= 0.3 is 0 Å². The highest BCUT2D eigenvalue weighted by molar-refractivity contribution is 9.10. The molecule has 0 saturated carbocycles. The van der Waals surface area contributed by atoms with Crippen molar-refractivity contribution in [3.05, 3.63) is 46.3 Å². The van der Waals surface area contributed by atoms with Crippen LogP contribution in [0.2, 0.25) is 0 Å². The molecule has 0 aliphatic carbocycles. The lowest BCUT2D eigenvalue weighted by molar-refractivity contribution is -0.135. The van der Waals surface area contributed by atoms with Crippen molar-refractivity contribution in [1.82, 2.24) is 14.9 Å². The fourth-order valence-corrected chi connectivity index (χ4v) is 3.64. The van der Waals surface area contributed by atoms with Gasteiger partial charge in [0.2, 0.25) is 17.7 Å². The molecule has 1 aromatic heterocycles. The molecule has 144 valence electrons. The molecule has 1 saturated heterocycles. The van der Waals surface area contributed by atoms with Crippen LogP contribution in [0.25, 0.3) is 0 Å². The van der Waals surface area contributed by atoms with Gasteiger partial charge in [0, 0.05) is 54.9 Å². The maximum atomic E-state index is 13.9. The molecule has 2 heterocycles. The second-order valence-corrected chi connectivity index (χ2v) is 7.51. The van der Waals surface area contributed by atoms with Gasteiger partial charge in [-0.15, -0.1) is 0 Å². The zero-order chi connectivity index (χ0) is 19.4. The summed E-state index contributed by atoms with van der Waals surface area (Å²) in [5.74, 6) is 0.800. The van der Waals surface area contributed by atoms with Crippen LogP contribution in [0.3, 0.4) is 0 Å². The van der Waals surface area contributed by atoms with Crippen LogP contribution < -0.4 is 9.64 Å². The van der Waals surface area contributed by atoms with Gasteiger partial charge in [-0.25, -0.2) is 9.37 Å². The van der Waals surface area contributed by atoms with Crippen LogP contribution in [0.15, 0.2) is 34.9 Å². The third-order valence-electron chi connectivity index (χ3n) is 4.74. The number of hydrogen-bond acceptors (Lipinski definition) is 5. The van der Waals surface area contributed by atoms with Crippen molar-refractivity contribution in [3.63, 3.8) is 0 Å². The Morgan fingerprint density at radius 1 is 1.37 bits per heavy atom. The van der Waals surface area contributed by atoms with E-state index in [2.05, 4.69) is 30.8 Å². The van der Waals surface area contributed by atoms with E-state index in [1.807, 2.05) is 0 Å². The monoisotopic (exact) mass is 436 g/mol. The smallest absolute Gasteiger partial charge is 0.228 e. The first-order chi connectivity index (χ1) is 13.0. The van der Waals surface area contributed by atoms with Crippen LogP contribution in [0.5, 0.6) is 5.88 Å². The van der Waals surface area contributed by atoms with Gasteiger partial charge in [0.15, 0.2) is 0 Å². The summed E-state index contributed by atoms with van der Waals surface area (Å²) in [6.45, 7) is 1.65. The normalized spacial score (nSPS) is 14.9. The van der Waals surface area contributed by atoms with E-state index in [1.165, 1.54) is 6.07 Å². The minimum absolute atomic E-state index is 0.0422. The fourth-order valence-electron chi connectivity index (χ4n) is 3.23. The number of benzene rings is 1. The summed E-state index contributed by atoms with van der Waals surface area (Å²) in [7, 11) is 3.29. The second kappa shape index (κ2) is 8.65. The first-order valence-electron chi connectivity index (χ1n) is 8.79. The van der Waals surface area contributed by atoms with Crippen LogP contribution in [-0.2, 0) is 11.3 Å². The van der Waals surface area contributed by atoms with Crippen LogP contribution >= 0.6 is 15.9 Å². The number of carbonyl (C=O) groups excluding carboxylic acids is 1. The number of halogens is 2. The van der Waals surface area contributed by atoms with Crippen LogP contribution in [0.4, 0.5) is 10.3 Å². The van der Waals surface area contributed by atoms with E-state index in [4.69, 9.17) is 4.74 Å². The van der Waals surface area contributed by atoms with E-state index in [1.54, 1.807) is 43.5 Å². The third kappa shape index (κ3) is 4.74. The van der Waals surface area contributed by atoms with Crippen LogP contribution in [0.1, 0.15) is 18.4 Å². The Hall–Kier alpha value is -2.22. The van der Waals surface area contributed by atoms with Crippen molar-refractivity contribution in [2.45, 2.75) is 19.4 Å². The Labute approximate surface area is 166 Å². The standard InChI is InChI=1S/C19H22BrFN4O2/c1-24(12-14-11-15(20)3-4-16(14)21)18(26)13-6-9-25(10-7-13)19-22-8-5-17(23-19)27-2/h3-5,8,11,13H,6-7,9-10,12H2,1-2H3. The molecule has 1 aliphatic rings. The fraction of sp³-hybridized carbons (Fsp3) is 0.421. The Morgan fingerprint density at radius 3 is 2.81 bits per heavy atom. The maximum Gasteiger partial charge on any atom is 0.228 e. The lowest BCUT2D eigenvalue weighted by atomic mass is 9.95. The molecule has 0 bridgehead atoms. The molecule has 1 fully saturated rings. The zero-order valence-electron chi connectivity index (χ0n) is 15.4. The summed E-state index contributed by atoms with van der Waals surface area (Å²) >= 11 is 3.34. The maximum absolute atomic E-state index is 13.9. The molecule has 1 aromatic carbocycles. The molecule has 0 N–H and O–H groups in total. The lowest BCUT2D eigenvalue weighted by Crippen LogP contribution is -2.41. The Balaban J connectivity index is 1.58. The molecule has 3 rings (SSSR count). The Kier molecular flexibility index (Phi) is 6.26. The average molecular weight is 437 g/mol.